The summed E-state index contributed by atoms with van der Waals surface area (Å²) < 4.78 is 1.30. The smallest absolute Gasteiger partial charge is 0.366 e. The highest BCUT2D eigenvalue weighted by molar-refractivity contribution is 6.04. The minimum absolute atomic E-state index is 0.118. The predicted octanol–water partition coefficient (Wildman–Crippen LogP) is 0.412. The molecule has 0 bridgehead atoms. The Bertz CT molecular complexity index is 698. The van der Waals surface area contributed by atoms with Gasteiger partial charge in [0.15, 0.2) is 26.6 Å². The van der Waals surface area contributed by atoms with Crippen LogP contribution in [0.1, 0.15) is 47.4 Å². The van der Waals surface area contributed by atoms with Crippen LogP contribution in [-0.4, -0.2) is 21.8 Å². The number of phenols is 2. The van der Waals surface area contributed by atoms with Gasteiger partial charge >= 0.3 is 21.2 Å². The van der Waals surface area contributed by atoms with E-state index in [2.05, 4.69) is 0 Å². The first-order valence-electron chi connectivity index (χ1n) is 7.34. The van der Waals surface area contributed by atoms with Gasteiger partial charge in [0.25, 0.3) is 3.57 Å². The van der Waals surface area contributed by atoms with E-state index in [1.165, 1.54) is 6.07 Å². The van der Waals surface area contributed by atoms with E-state index in [0.29, 0.717) is 3.57 Å². The Morgan fingerprint density at radius 1 is 0.913 bits per heavy atom. The van der Waals surface area contributed by atoms with Gasteiger partial charge in [-0.3, -0.25) is 9.59 Å². The molecule has 0 amide bonds. The lowest BCUT2D eigenvalue weighted by Gasteiger charge is -2.08. The molecule has 0 saturated heterocycles. The molecule has 2 N–H and O–H groups in total. The zero-order valence-electron chi connectivity index (χ0n) is 13.0. The highest BCUT2D eigenvalue weighted by atomic mass is 127. The fourth-order valence-electron chi connectivity index (χ4n) is 2.11. The van der Waals surface area contributed by atoms with Crippen LogP contribution in [0.25, 0.3) is 0 Å². The molecule has 0 saturated carbocycles. The van der Waals surface area contributed by atoms with Crippen LogP contribution < -0.4 is 21.2 Å². The van der Waals surface area contributed by atoms with Crippen molar-refractivity contribution in [3.63, 3.8) is 0 Å². The molecule has 5 heteroatoms. The van der Waals surface area contributed by atoms with Gasteiger partial charge in [0.05, 0.1) is 11.1 Å². The maximum atomic E-state index is 12.1. The molecule has 0 aliphatic carbocycles. The number of Topliss-reactive ketones (excluding diaryl/α,β-unsaturated/α-hetero) is 2. The van der Waals surface area contributed by atoms with Crippen molar-refractivity contribution < 1.29 is 41.0 Å². The molecule has 0 atom stereocenters. The molecule has 2 aromatic rings. The predicted molar refractivity (Wildman–Crippen MR) is 82.9 cm³/mol. The third-order valence-corrected chi connectivity index (χ3v) is 6.30. The molecule has 2 aromatic carbocycles. The van der Waals surface area contributed by atoms with Gasteiger partial charge < -0.3 is 10.2 Å². The molecular weight excluding hydrogens is 407 g/mol. The van der Waals surface area contributed by atoms with Crippen LogP contribution in [0.3, 0.4) is 0 Å². The van der Waals surface area contributed by atoms with Crippen LogP contribution in [0.5, 0.6) is 11.5 Å². The molecule has 0 heterocycles. The second-order valence-corrected chi connectivity index (χ2v) is 7.79. The maximum Gasteiger partial charge on any atom is 0.366 e. The van der Waals surface area contributed by atoms with E-state index in [1.54, 1.807) is 13.8 Å². The molecule has 23 heavy (non-hydrogen) atoms. The van der Waals surface area contributed by atoms with Gasteiger partial charge in [-0.15, -0.1) is 0 Å². The minimum atomic E-state index is -0.914. The summed E-state index contributed by atoms with van der Waals surface area (Å²) in [5.41, 5.74) is 0.237. The Kier molecular flexibility index (Phi) is 5.76. The van der Waals surface area contributed by atoms with Crippen molar-refractivity contribution in [3.8, 4) is 11.5 Å². The second kappa shape index (κ2) is 7.59. The second-order valence-electron chi connectivity index (χ2n) is 4.93. The summed E-state index contributed by atoms with van der Waals surface area (Å²) in [5, 5.41) is 20.9. The largest absolute Gasteiger partial charge is 0.503 e. The Morgan fingerprint density at radius 2 is 1.39 bits per heavy atom. The first kappa shape index (κ1) is 17.5. The Labute approximate surface area is 145 Å². The topological polar surface area (TPSA) is 74.6 Å². The molecular formula is C18H18IO4+. The van der Waals surface area contributed by atoms with Crippen molar-refractivity contribution in [1.29, 1.82) is 0 Å². The van der Waals surface area contributed by atoms with Crippen molar-refractivity contribution in [3.05, 3.63) is 54.7 Å². The summed E-state index contributed by atoms with van der Waals surface area (Å²) in [6.07, 6.45) is 0.447. The zero-order chi connectivity index (χ0) is 17.0. The summed E-state index contributed by atoms with van der Waals surface area (Å²) in [6, 6.07) is 10.8. The quantitative estimate of drug-likeness (QED) is 0.520. The van der Waals surface area contributed by atoms with E-state index < -0.39 is 21.2 Å². The lowest BCUT2D eigenvalue weighted by Crippen LogP contribution is -3.61. The lowest BCUT2D eigenvalue weighted by atomic mass is 10.00. The number of rotatable bonds is 6. The number of ketones is 2. The van der Waals surface area contributed by atoms with Crippen LogP contribution in [-0.2, 0) is 0 Å². The minimum Gasteiger partial charge on any atom is -0.503 e. The molecule has 4 nitrogen and oxygen atoms in total. The van der Waals surface area contributed by atoms with Gasteiger partial charge in [0.2, 0.25) is 0 Å². The van der Waals surface area contributed by atoms with Crippen molar-refractivity contribution in [2.45, 2.75) is 26.7 Å². The fourth-order valence-corrected chi connectivity index (χ4v) is 4.60. The molecule has 0 aliphatic rings. The molecule has 120 valence electrons. The summed E-state index contributed by atoms with van der Waals surface area (Å²) in [7, 11) is 0. The normalized spacial score (nSPS) is 10.5. The number of aromatic hydroxyl groups is 2. The van der Waals surface area contributed by atoms with Crippen molar-refractivity contribution in [2.75, 3.05) is 0 Å². The first-order valence-corrected chi connectivity index (χ1v) is 9.50. The number of halogens is 1. The SMILES string of the molecule is CCC(=O)c1cc(C(=O)CC)c(O)c([I+]c2ccccc2)c1O. The van der Waals surface area contributed by atoms with Crippen LogP contribution in [0.4, 0.5) is 0 Å². The molecule has 0 spiro atoms. The van der Waals surface area contributed by atoms with Gasteiger partial charge in [0.1, 0.15) is 0 Å². The zero-order valence-corrected chi connectivity index (χ0v) is 15.1. The van der Waals surface area contributed by atoms with E-state index in [-0.39, 0.29) is 47.0 Å². The molecule has 0 fully saturated rings. The summed E-state index contributed by atoms with van der Waals surface area (Å²) in [6.45, 7) is 3.39. The van der Waals surface area contributed by atoms with E-state index in [9.17, 15) is 19.8 Å². The maximum absolute atomic E-state index is 12.1. The third kappa shape index (κ3) is 3.72. The lowest BCUT2D eigenvalue weighted by molar-refractivity contribution is -0.599. The fraction of sp³-hybridized carbons (Fsp3) is 0.222. The van der Waals surface area contributed by atoms with Crippen molar-refractivity contribution >= 4 is 11.6 Å². The van der Waals surface area contributed by atoms with Gasteiger partial charge in [-0.05, 0) is 18.2 Å². The van der Waals surface area contributed by atoms with E-state index >= 15 is 0 Å². The van der Waals surface area contributed by atoms with Gasteiger partial charge in [-0.25, -0.2) is 0 Å². The summed E-state index contributed by atoms with van der Waals surface area (Å²) >= 11 is -0.914. The molecule has 0 unspecified atom stereocenters. The van der Waals surface area contributed by atoms with Crippen LogP contribution in [0.2, 0.25) is 0 Å². The van der Waals surface area contributed by atoms with E-state index in [0.717, 1.165) is 3.57 Å². The van der Waals surface area contributed by atoms with E-state index in [1.807, 2.05) is 30.3 Å². The van der Waals surface area contributed by atoms with E-state index in [4.69, 9.17) is 0 Å². The Hall–Kier alpha value is -1.89. The average molecular weight is 425 g/mol. The first-order chi connectivity index (χ1) is 11.0. The molecule has 0 aliphatic heterocycles. The Morgan fingerprint density at radius 3 is 1.83 bits per heavy atom. The summed E-state index contributed by atoms with van der Waals surface area (Å²) in [5.74, 6) is -0.880. The summed E-state index contributed by atoms with van der Waals surface area (Å²) in [4.78, 5) is 24.1. The van der Waals surface area contributed by atoms with Crippen molar-refractivity contribution in [1.82, 2.24) is 0 Å². The number of carbonyl (C=O) groups excluding carboxylic acids is 2. The standard InChI is InChI=1S/C18H17IO4/c1-3-14(20)12-10-13(15(21)4-2)18(23)16(17(12)22)19-11-8-6-5-7-9-11/h5-10H,3-4H2,1-2H3,(H-,20,21,22,23)/p+1. The van der Waals surface area contributed by atoms with Gasteiger partial charge in [0, 0.05) is 12.8 Å². The van der Waals surface area contributed by atoms with Gasteiger partial charge in [-0.1, -0.05) is 32.0 Å². The molecule has 2 rings (SSSR count). The number of hydrogen-bond donors (Lipinski definition) is 2. The number of benzene rings is 2. The average Bonchev–Trinajstić information content (AvgIpc) is 2.58. The number of hydrogen-bond acceptors (Lipinski definition) is 4. The van der Waals surface area contributed by atoms with Gasteiger partial charge in [-0.2, -0.15) is 0 Å². The third-order valence-electron chi connectivity index (χ3n) is 3.39. The highest BCUT2D eigenvalue weighted by Gasteiger charge is 2.32. The van der Waals surface area contributed by atoms with Crippen LogP contribution in [0.15, 0.2) is 36.4 Å². The Balaban J connectivity index is 2.63. The molecule has 0 radical (unpaired) electrons. The number of carbonyl (C=O) groups is 2. The molecule has 0 aromatic heterocycles. The highest BCUT2D eigenvalue weighted by Crippen LogP contribution is 2.29. The van der Waals surface area contributed by atoms with Crippen LogP contribution in [0, 0.1) is 7.14 Å². The monoisotopic (exact) mass is 425 g/mol. The van der Waals surface area contributed by atoms with Crippen LogP contribution >= 0.6 is 0 Å². The number of phenolic OH excluding ortho intramolecular Hbond substituents is 2. The van der Waals surface area contributed by atoms with Crippen molar-refractivity contribution in [2.24, 2.45) is 0 Å².